The first-order valence-electron chi connectivity index (χ1n) is 6.38. The van der Waals surface area contributed by atoms with Gasteiger partial charge in [0.2, 0.25) is 0 Å². The number of carbonyl (C=O) groups excluding carboxylic acids is 1. The molecule has 23 heavy (non-hydrogen) atoms. The summed E-state index contributed by atoms with van der Waals surface area (Å²) in [7, 11) is 1.29. The van der Waals surface area contributed by atoms with Crippen LogP contribution in [-0.2, 0) is 11.0 Å². The summed E-state index contributed by atoms with van der Waals surface area (Å²) in [4.78, 5) is 15.6. The van der Waals surface area contributed by atoms with E-state index in [0.29, 0.717) is 5.56 Å². The van der Waals surface area contributed by atoms with E-state index >= 15 is 0 Å². The Bertz CT molecular complexity index is 762. The van der Waals surface area contributed by atoms with Gasteiger partial charge in [0.1, 0.15) is 5.75 Å². The van der Waals surface area contributed by atoms with Crippen LogP contribution in [0.5, 0.6) is 5.75 Å². The standard InChI is InChI=1S/C16H11F3N2O2/c1-23-14-6-5-12(16(17,18)19)9-13(14)21-15(22)7-4-11-3-2-8-20-10-11/h2-3,5-6,8-10H,1H3,(H,21,22). The van der Waals surface area contributed by atoms with Crippen molar-refractivity contribution in [2.75, 3.05) is 12.4 Å². The van der Waals surface area contributed by atoms with Crippen molar-refractivity contribution in [2.24, 2.45) is 0 Å². The van der Waals surface area contributed by atoms with Gasteiger partial charge in [0.05, 0.1) is 18.4 Å². The molecule has 1 aromatic heterocycles. The summed E-state index contributed by atoms with van der Waals surface area (Å²) in [6.45, 7) is 0. The van der Waals surface area contributed by atoms with E-state index in [9.17, 15) is 18.0 Å². The molecule has 1 aromatic carbocycles. The van der Waals surface area contributed by atoms with Gasteiger partial charge in [0.15, 0.2) is 0 Å². The van der Waals surface area contributed by atoms with Crippen molar-refractivity contribution in [3.8, 4) is 17.6 Å². The lowest BCUT2D eigenvalue weighted by atomic mass is 10.1. The van der Waals surface area contributed by atoms with Crippen molar-refractivity contribution in [3.05, 3.63) is 53.9 Å². The Morgan fingerprint density at radius 1 is 1.30 bits per heavy atom. The molecule has 0 atom stereocenters. The number of hydrogen-bond donors (Lipinski definition) is 1. The van der Waals surface area contributed by atoms with Crippen LogP contribution in [0.1, 0.15) is 11.1 Å². The second-order valence-corrected chi connectivity index (χ2v) is 4.36. The lowest BCUT2D eigenvalue weighted by Crippen LogP contribution is -2.12. The third kappa shape index (κ3) is 4.48. The van der Waals surface area contributed by atoms with Crippen molar-refractivity contribution < 1.29 is 22.7 Å². The average Bonchev–Trinajstić information content (AvgIpc) is 2.53. The summed E-state index contributed by atoms with van der Waals surface area (Å²) in [6.07, 6.45) is -1.50. The highest BCUT2D eigenvalue weighted by molar-refractivity contribution is 6.05. The second kappa shape index (κ2) is 6.83. The molecule has 0 saturated carbocycles. The molecule has 4 nitrogen and oxygen atoms in total. The molecule has 0 radical (unpaired) electrons. The third-order valence-corrected chi connectivity index (χ3v) is 2.76. The maximum Gasteiger partial charge on any atom is 0.416 e. The van der Waals surface area contributed by atoms with Crippen LogP contribution in [0.15, 0.2) is 42.7 Å². The quantitative estimate of drug-likeness (QED) is 0.865. The smallest absolute Gasteiger partial charge is 0.416 e. The van der Waals surface area contributed by atoms with Gasteiger partial charge in [-0.05, 0) is 30.3 Å². The van der Waals surface area contributed by atoms with Crippen molar-refractivity contribution in [3.63, 3.8) is 0 Å². The van der Waals surface area contributed by atoms with Crippen LogP contribution in [-0.4, -0.2) is 18.0 Å². The minimum Gasteiger partial charge on any atom is -0.495 e. The minimum absolute atomic E-state index is 0.104. The zero-order valence-electron chi connectivity index (χ0n) is 11.9. The van der Waals surface area contributed by atoms with Gasteiger partial charge >= 0.3 is 12.1 Å². The minimum atomic E-state index is -4.52. The van der Waals surface area contributed by atoms with E-state index in [2.05, 4.69) is 22.1 Å². The molecule has 2 aromatic rings. The van der Waals surface area contributed by atoms with Gasteiger partial charge in [-0.3, -0.25) is 9.78 Å². The summed E-state index contributed by atoms with van der Waals surface area (Å²) in [6, 6.07) is 6.10. The van der Waals surface area contributed by atoms with Gasteiger partial charge in [0.25, 0.3) is 0 Å². The van der Waals surface area contributed by atoms with Crippen molar-refractivity contribution in [1.29, 1.82) is 0 Å². The van der Waals surface area contributed by atoms with Crippen molar-refractivity contribution >= 4 is 11.6 Å². The molecule has 7 heteroatoms. The topological polar surface area (TPSA) is 51.2 Å². The number of nitrogens with zero attached hydrogens (tertiary/aromatic N) is 1. The number of anilines is 1. The van der Waals surface area contributed by atoms with Gasteiger partial charge in [-0.15, -0.1) is 0 Å². The largest absolute Gasteiger partial charge is 0.495 e. The lowest BCUT2D eigenvalue weighted by molar-refractivity contribution is -0.137. The molecular weight excluding hydrogens is 309 g/mol. The second-order valence-electron chi connectivity index (χ2n) is 4.36. The first-order valence-corrected chi connectivity index (χ1v) is 6.38. The molecule has 118 valence electrons. The van der Waals surface area contributed by atoms with Crippen LogP contribution < -0.4 is 10.1 Å². The van der Waals surface area contributed by atoms with E-state index in [0.717, 1.165) is 18.2 Å². The Balaban J connectivity index is 2.22. The molecule has 1 N–H and O–H groups in total. The number of benzene rings is 1. The van der Waals surface area contributed by atoms with Crippen LogP contribution in [0.4, 0.5) is 18.9 Å². The van der Waals surface area contributed by atoms with Crippen LogP contribution in [0.2, 0.25) is 0 Å². The van der Waals surface area contributed by atoms with Crippen molar-refractivity contribution in [2.45, 2.75) is 6.18 Å². The zero-order chi connectivity index (χ0) is 16.9. The Kier molecular flexibility index (Phi) is 4.86. The number of halogens is 3. The van der Waals surface area contributed by atoms with Crippen LogP contribution >= 0.6 is 0 Å². The van der Waals surface area contributed by atoms with Crippen LogP contribution in [0, 0.1) is 11.8 Å². The predicted molar refractivity (Wildman–Crippen MR) is 77.7 cm³/mol. The van der Waals surface area contributed by atoms with Gasteiger partial charge in [-0.2, -0.15) is 13.2 Å². The molecular formula is C16H11F3N2O2. The van der Waals surface area contributed by atoms with Gasteiger partial charge in [-0.1, -0.05) is 5.92 Å². The molecule has 0 spiro atoms. The number of rotatable bonds is 2. The highest BCUT2D eigenvalue weighted by atomic mass is 19.4. The lowest BCUT2D eigenvalue weighted by Gasteiger charge is -2.12. The first kappa shape index (κ1) is 16.4. The van der Waals surface area contributed by atoms with E-state index < -0.39 is 17.6 Å². The van der Waals surface area contributed by atoms with E-state index in [-0.39, 0.29) is 11.4 Å². The number of nitrogens with one attached hydrogen (secondary N) is 1. The summed E-state index contributed by atoms with van der Waals surface area (Å²) >= 11 is 0. The SMILES string of the molecule is COc1ccc(C(F)(F)F)cc1NC(=O)C#Cc1cccnc1. The summed E-state index contributed by atoms with van der Waals surface area (Å²) in [5.41, 5.74) is -0.486. The number of aromatic nitrogens is 1. The Morgan fingerprint density at radius 3 is 2.70 bits per heavy atom. The fourth-order valence-corrected chi connectivity index (χ4v) is 1.70. The molecule has 0 aliphatic heterocycles. The molecule has 0 fully saturated rings. The first-order chi connectivity index (χ1) is 10.9. The van der Waals surface area contributed by atoms with Gasteiger partial charge in [0, 0.05) is 23.9 Å². The maximum atomic E-state index is 12.7. The normalized spacial score (nSPS) is 10.4. The van der Waals surface area contributed by atoms with Crippen LogP contribution in [0.3, 0.4) is 0 Å². The zero-order valence-corrected chi connectivity index (χ0v) is 11.9. The Labute approximate surface area is 130 Å². The van der Waals surface area contributed by atoms with Gasteiger partial charge in [-0.25, -0.2) is 0 Å². The molecule has 0 unspecified atom stereocenters. The molecule has 0 aliphatic carbocycles. The van der Waals surface area contributed by atoms with E-state index in [1.165, 1.54) is 13.3 Å². The number of amides is 1. The summed E-state index contributed by atoms with van der Waals surface area (Å²) < 4.78 is 43.1. The van der Waals surface area contributed by atoms with E-state index in [1.807, 2.05) is 0 Å². The monoisotopic (exact) mass is 320 g/mol. The molecule has 0 bridgehead atoms. The fraction of sp³-hybridized carbons (Fsp3) is 0.125. The highest BCUT2D eigenvalue weighted by Gasteiger charge is 2.31. The summed E-state index contributed by atoms with van der Waals surface area (Å²) in [5.74, 6) is 4.19. The number of methoxy groups -OCH3 is 1. The Morgan fingerprint density at radius 2 is 2.09 bits per heavy atom. The highest BCUT2D eigenvalue weighted by Crippen LogP contribution is 2.34. The molecule has 1 amide bonds. The fourth-order valence-electron chi connectivity index (χ4n) is 1.70. The number of pyridine rings is 1. The van der Waals surface area contributed by atoms with Crippen molar-refractivity contribution in [1.82, 2.24) is 4.98 Å². The van der Waals surface area contributed by atoms with E-state index in [4.69, 9.17) is 4.74 Å². The molecule has 2 rings (SSSR count). The predicted octanol–water partition coefficient (Wildman–Crippen LogP) is 3.10. The summed E-state index contributed by atoms with van der Waals surface area (Å²) in [5, 5.41) is 2.29. The third-order valence-electron chi connectivity index (χ3n) is 2.76. The molecule has 1 heterocycles. The number of carbonyl (C=O) groups is 1. The maximum absolute atomic E-state index is 12.7. The van der Waals surface area contributed by atoms with E-state index in [1.54, 1.807) is 18.3 Å². The Hall–Kier alpha value is -3.01. The van der Waals surface area contributed by atoms with Crippen LogP contribution in [0.25, 0.3) is 0 Å². The number of alkyl halides is 3. The molecule has 0 saturated heterocycles. The average molecular weight is 320 g/mol. The number of ether oxygens (including phenoxy) is 1. The van der Waals surface area contributed by atoms with Gasteiger partial charge < -0.3 is 10.1 Å². The molecule has 0 aliphatic rings. The number of hydrogen-bond acceptors (Lipinski definition) is 3.